The number of hydrogen-bond acceptors (Lipinski definition) is 5. The van der Waals surface area contributed by atoms with E-state index in [4.69, 9.17) is 15.0 Å². The second kappa shape index (κ2) is 5.63. The second-order valence-electron chi connectivity index (χ2n) is 5.31. The maximum atomic E-state index is 6.01. The van der Waals surface area contributed by atoms with Crippen LogP contribution in [-0.4, -0.2) is 23.3 Å². The van der Waals surface area contributed by atoms with Crippen LogP contribution in [-0.2, 0) is 0 Å². The van der Waals surface area contributed by atoms with Crippen LogP contribution < -0.4 is 10.5 Å². The van der Waals surface area contributed by atoms with Crippen LogP contribution in [0.5, 0.6) is 5.75 Å². The molecule has 2 atom stereocenters. The van der Waals surface area contributed by atoms with E-state index in [0.29, 0.717) is 17.6 Å². The molecule has 0 saturated heterocycles. The third-order valence-electron chi connectivity index (χ3n) is 3.83. The van der Waals surface area contributed by atoms with E-state index < -0.39 is 0 Å². The van der Waals surface area contributed by atoms with Crippen LogP contribution >= 0.6 is 0 Å². The van der Waals surface area contributed by atoms with Crippen molar-refractivity contribution >= 4 is 0 Å². The summed E-state index contributed by atoms with van der Waals surface area (Å²) < 4.78 is 10.6. The Hall–Kier alpha value is -1.88. The Morgan fingerprint density at radius 1 is 1.35 bits per heavy atom. The minimum atomic E-state index is 0.251. The first-order valence-corrected chi connectivity index (χ1v) is 7.00. The molecule has 5 nitrogen and oxygen atoms in total. The highest BCUT2D eigenvalue weighted by Gasteiger charge is 2.25. The second-order valence-corrected chi connectivity index (χ2v) is 5.31. The summed E-state index contributed by atoms with van der Waals surface area (Å²) in [5.41, 5.74) is 6.91. The first-order chi connectivity index (χ1) is 9.76. The van der Waals surface area contributed by atoms with E-state index in [-0.39, 0.29) is 6.04 Å². The predicted octanol–water partition coefficient (Wildman–Crippen LogP) is 2.73. The number of hydrogen-bond donors (Lipinski definition) is 1. The molecular formula is C15H19N3O2. The minimum Gasteiger partial charge on any atom is -0.497 e. The molecule has 1 fully saturated rings. The van der Waals surface area contributed by atoms with E-state index in [9.17, 15) is 0 Å². The number of rotatable bonds is 3. The molecule has 2 unspecified atom stereocenters. The lowest BCUT2D eigenvalue weighted by atomic mass is 9.86. The zero-order valence-electron chi connectivity index (χ0n) is 11.6. The maximum absolute atomic E-state index is 6.01. The summed E-state index contributed by atoms with van der Waals surface area (Å²) >= 11 is 0. The summed E-state index contributed by atoms with van der Waals surface area (Å²) in [4.78, 5) is 4.53. The molecule has 3 rings (SSSR count). The van der Waals surface area contributed by atoms with Crippen LogP contribution in [0.3, 0.4) is 0 Å². The van der Waals surface area contributed by atoms with Crippen molar-refractivity contribution in [2.75, 3.05) is 7.11 Å². The van der Waals surface area contributed by atoms with Gasteiger partial charge in [-0.15, -0.1) is 0 Å². The Morgan fingerprint density at radius 3 is 3.05 bits per heavy atom. The van der Waals surface area contributed by atoms with Gasteiger partial charge in [-0.25, -0.2) is 0 Å². The molecule has 2 N–H and O–H groups in total. The summed E-state index contributed by atoms with van der Waals surface area (Å²) in [6.07, 6.45) is 4.23. The molecule has 5 heteroatoms. The Morgan fingerprint density at radius 2 is 2.25 bits per heavy atom. The van der Waals surface area contributed by atoms with Gasteiger partial charge >= 0.3 is 0 Å². The quantitative estimate of drug-likeness (QED) is 0.930. The van der Waals surface area contributed by atoms with E-state index in [1.165, 1.54) is 0 Å². The molecule has 0 radical (unpaired) electrons. The molecule has 1 aromatic carbocycles. The van der Waals surface area contributed by atoms with E-state index in [1.54, 1.807) is 7.11 Å². The SMILES string of the molecule is COc1cccc(-c2noc(C3CCCC(N)C3)n2)c1. The van der Waals surface area contributed by atoms with Gasteiger partial charge in [0.1, 0.15) is 5.75 Å². The smallest absolute Gasteiger partial charge is 0.230 e. The lowest BCUT2D eigenvalue weighted by molar-refractivity contribution is 0.299. The fraction of sp³-hybridized carbons (Fsp3) is 0.467. The number of methoxy groups -OCH3 is 1. The van der Waals surface area contributed by atoms with Crippen molar-refractivity contribution in [1.82, 2.24) is 10.1 Å². The Labute approximate surface area is 118 Å². The van der Waals surface area contributed by atoms with Gasteiger partial charge in [0, 0.05) is 17.5 Å². The summed E-state index contributed by atoms with van der Waals surface area (Å²) in [5, 5.41) is 4.08. The molecule has 1 heterocycles. The fourth-order valence-electron chi connectivity index (χ4n) is 2.73. The molecule has 1 aliphatic rings. The lowest BCUT2D eigenvalue weighted by Crippen LogP contribution is -2.26. The third-order valence-corrected chi connectivity index (χ3v) is 3.83. The molecule has 106 valence electrons. The van der Waals surface area contributed by atoms with Crippen molar-refractivity contribution < 1.29 is 9.26 Å². The number of nitrogens with zero attached hydrogens (tertiary/aromatic N) is 2. The molecule has 0 amide bonds. The minimum absolute atomic E-state index is 0.251. The van der Waals surface area contributed by atoms with Gasteiger partial charge in [-0.3, -0.25) is 0 Å². The van der Waals surface area contributed by atoms with E-state index >= 15 is 0 Å². The van der Waals surface area contributed by atoms with Crippen molar-refractivity contribution in [2.45, 2.75) is 37.6 Å². The van der Waals surface area contributed by atoms with Gasteiger partial charge in [0.05, 0.1) is 7.11 Å². The van der Waals surface area contributed by atoms with Crippen molar-refractivity contribution in [1.29, 1.82) is 0 Å². The van der Waals surface area contributed by atoms with Gasteiger partial charge < -0.3 is 15.0 Å². The number of ether oxygens (including phenoxy) is 1. The molecule has 0 aliphatic heterocycles. The number of benzene rings is 1. The van der Waals surface area contributed by atoms with E-state index in [0.717, 1.165) is 37.0 Å². The van der Waals surface area contributed by atoms with Gasteiger partial charge in [-0.05, 0) is 31.4 Å². The van der Waals surface area contributed by atoms with Gasteiger partial charge in [-0.1, -0.05) is 23.7 Å². The molecule has 0 bridgehead atoms. The molecule has 2 aromatic rings. The molecule has 1 aromatic heterocycles. The maximum Gasteiger partial charge on any atom is 0.230 e. The third kappa shape index (κ3) is 2.67. The zero-order chi connectivity index (χ0) is 13.9. The molecule has 0 spiro atoms. The van der Waals surface area contributed by atoms with Crippen molar-refractivity contribution in [3.63, 3.8) is 0 Å². The van der Waals surface area contributed by atoms with Crippen LogP contribution in [0.2, 0.25) is 0 Å². The van der Waals surface area contributed by atoms with Gasteiger partial charge in [0.15, 0.2) is 0 Å². The molecule has 1 aliphatic carbocycles. The van der Waals surface area contributed by atoms with Crippen LogP contribution in [0.15, 0.2) is 28.8 Å². The lowest BCUT2D eigenvalue weighted by Gasteiger charge is -2.23. The Kier molecular flexibility index (Phi) is 3.69. The zero-order valence-corrected chi connectivity index (χ0v) is 11.6. The summed E-state index contributed by atoms with van der Waals surface area (Å²) in [5.74, 6) is 2.40. The largest absolute Gasteiger partial charge is 0.497 e. The van der Waals surface area contributed by atoms with Crippen LogP contribution in [0, 0.1) is 0 Å². The average molecular weight is 273 g/mol. The first kappa shape index (κ1) is 13.1. The highest BCUT2D eigenvalue weighted by Crippen LogP contribution is 2.32. The Bertz CT molecular complexity index is 582. The topological polar surface area (TPSA) is 74.2 Å². The van der Waals surface area contributed by atoms with Crippen LogP contribution in [0.4, 0.5) is 0 Å². The normalized spacial score (nSPS) is 22.7. The first-order valence-electron chi connectivity index (χ1n) is 7.00. The highest BCUT2D eigenvalue weighted by atomic mass is 16.5. The van der Waals surface area contributed by atoms with Crippen LogP contribution in [0.1, 0.15) is 37.5 Å². The fourth-order valence-corrected chi connectivity index (χ4v) is 2.73. The van der Waals surface area contributed by atoms with Crippen LogP contribution in [0.25, 0.3) is 11.4 Å². The van der Waals surface area contributed by atoms with Gasteiger partial charge in [0.2, 0.25) is 11.7 Å². The number of nitrogens with two attached hydrogens (primary N) is 1. The van der Waals surface area contributed by atoms with Crippen molar-refractivity contribution in [2.24, 2.45) is 5.73 Å². The van der Waals surface area contributed by atoms with E-state index in [1.807, 2.05) is 24.3 Å². The summed E-state index contributed by atoms with van der Waals surface area (Å²) in [7, 11) is 1.64. The molecular weight excluding hydrogens is 254 g/mol. The standard InChI is InChI=1S/C15H19N3O2/c1-19-13-7-3-4-10(9-13)14-17-15(20-18-14)11-5-2-6-12(16)8-11/h3-4,7,9,11-12H,2,5-6,8,16H2,1H3. The van der Waals surface area contributed by atoms with Crippen molar-refractivity contribution in [3.8, 4) is 17.1 Å². The number of aromatic nitrogens is 2. The predicted molar refractivity (Wildman–Crippen MR) is 75.5 cm³/mol. The van der Waals surface area contributed by atoms with Crippen molar-refractivity contribution in [3.05, 3.63) is 30.2 Å². The van der Waals surface area contributed by atoms with Gasteiger partial charge in [0.25, 0.3) is 0 Å². The molecule has 20 heavy (non-hydrogen) atoms. The monoisotopic (exact) mass is 273 g/mol. The highest BCUT2D eigenvalue weighted by molar-refractivity contribution is 5.56. The summed E-state index contributed by atoms with van der Waals surface area (Å²) in [6.45, 7) is 0. The molecule has 1 saturated carbocycles. The average Bonchev–Trinajstić information content (AvgIpc) is 2.97. The van der Waals surface area contributed by atoms with E-state index in [2.05, 4.69) is 10.1 Å². The van der Waals surface area contributed by atoms with Gasteiger partial charge in [-0.2, -0.15) is 4.98 Å². The Balaban J connectivity index is 1.82. The summed E-state index contributed by atoms with van der Waals surface area (Å²) in [6, 6.07) is 7.91.